The van der Waals surface area contributed by atoms with Crippen molar-refractivity contribution in [2.24, 2.45) is 10.9 Å². The first-order valence-electron chi connectivity index (χ1n) is 7.88. The summed E-state index contributed by atoms with van der Waals surface area (Å²) < 4.78 is 5.16. The highest BCUT2D eigenvalue weighted by molar-refractivity contribution is 5.79. The van der Waals surface area contributed by atoms with Gasteiger partial charge in [0.15, 0.2) is 5.96 Å². The molecule has 0 fully saturated rings. The lowest BCUT2D eigenvalue weighted by molar-refractivity contribution is 0.414. The normalized spacial score (nSPS) is 11.6. The van der Waals surface area contributed by atoms with Crippen molar-refractivity contribution in [3.63, 3.8) is 0 Å². The van der Waals surface area contributed by atoms with E-state index in [1.807, 2.05) is 24.3 Å². The Balaban J connectivity index is 2.57. The number of rotatable bonds is 8. The minimum Gasteiger partial charge on any atom is -0.497 e. The summed E-state index contributed by atoms with van der Waals surface area (Å²) in [6.07, 6.45) is 2.39. The van der Waals surface area contributed by atoms with Gasteiger partial charge in [0.1, 0.15) is 5.75 Å². The second kappa shape index (κ2) is 10.1. The lowest BCUT2D eigenvalue weighted by atomic mass is 10.0. The van der Waals surface area contributed by atoms with Crippen molar-refractivity contribution in [3.05, 3.63) is 29.8 Å². The molecule has 0 aliphatic heterocycles. The van der Waals surface area contributed by atoms with Gasteiger partial charge in [-0.3, -0.25) is 0 Å². The van der Waals surface area contributed by atoms with Gasteiger partial charge < -0.3 is 15.4 Å². The number of benzene rings is 1. The van der Waals surface area contributed by atoms with Gasteiger partial charge in [-0.1, -0.05) is 38.8 Å². The third-order valence-corrected chi connectivity index (χ3v) is 3.64. The van der Waals surface area contributed by atoms with Crippen molar-refractivity contribution in [2.45, 2.75) is 40.2 Å². The minimum absolute atomic E-state index is 0.669. The molecule has 118 valence electrons. The molecule has 1 rings (SSSR count). The van der Waals surface area contributed by atoms with Crippen LogP contribution < -0.4 is 15.4 Å². The number of methoxy groups -OCH3 is 1. The fourth-order valence-corrected chi connectivity index (χ4v) is 2.06. The van der Waals surface area contributed by atoms with Crippen LogP contribution in [-0.2, 0) is 6.54 Å². The Kier molecular flexibility index (Phi) is 8.32. The van der Waals surface area contributed by atoms with Gasteiger partial charge in [-0.15, -0.1) is 0 Å². The molecule has 0 spiro atoms. The zero-order valence-corrected chi connectivity index (χ0v) is 13.8. The summed E-state index contributed by atoms with van der Waals surface area (Å²) in [4.78, 5) is 4.63. The highest BCUT2D eigenvalue weighted by Crippen LogP contribution is 2.11. The smallest absolute Gasteiger partial charge is 0.191 e. The molecule has 21 heavy (non-hydrogen) atoms. The predicted octanol–water partition coefficient (Wildman–Crippen LogP) is 3.19. The first-order valence-corrected chi connectivity index (χ1v) is 7.88. The molecule has 2 N–H and O–H groups in total. The van der Waals surface area contributed by atoms with Crippen molar-refractivity contribution >= 4 is 5.96 Å². The van der Waals surface area contributed by atoms with E-state index in [1.165, 1.54) is 18.4 Å². The van der Waals surface area contributed by atoms with E-state index in [0.717, 1.165) is 24.8 Å². The third-order valence-electron chi connectivity index (χ3n) is 3.64. The van der Waals surface area contributed by atoms with Crippen LogP contribution in [0.25, 0.3) is 0 Å². The predicted molar refractivity (Wildman–Crippen MR) is 89.9 cm³/mol. The number of guanidine groups is 1. The molecular formula is C17H29N3O. The van der Waals surface area contributed by atoms with Crippen LogP contribution in [0.3, 0.4) is 0 Å². The molecule has 0 saturated carbocycles. The van der Waals surface area contributed by atoms with E-state index in [-0.39, 0.29) is 0 Å². The first kappa shape index (κ1) is 17.3. The fraction of sp³-hybridized carbons (Fsp3) is 0.588. The Morgan fingerprint density at radius 1 is 1.10 bits per heavy atom. The van der Waals surface area contributed by atoms with E-state index in [9.17, 15) is 0 Å². The average molecular weight is 291 g/mol. The summed E-state index contributed by atoms with van der Waals surface area (Å²) in [7, 11) is 1.68. The van der Waals surface area contributed by atoms with Crippen LogP contribution >= 0.6 is 0 Å². The fourth-order valence-electron chi connectivity index (χ4n) is 2.06. The molecular weight excluding hydrogens is 262 g/mol. The second-order valence-corrected chi connectivity index (χ2v) is 5.11. The van der Waals surface area contributed by atoms with E-state index in [4.69, 9.17) is 4.74 Å². The highest BCUT2D eigenvalue weighted by Gasteiger charge is 2.04. The number of hydrogen-bond acceptors (Lipinski definition) is 2. The van der Waals surface area contributed by atoms with E-state index >= 15 is 0 Å². The second-order valence-electron chi connectivity index (χ2n) is 5.11. The molecule has 0 radical (unpaired) electrons. The summed E-state index contributed by atoms with van der Waals surface area (Å²) in [5.41, 5.74) is 1.18. The van der Waals surface area contributed by atoms with Crippen molar-refractivity contribution < 1.29 is 4.74 Å². The van der Waals surface area contributed by atoms with Gasteiger partial charge in [0, 0.05) is 13.1 Å². The SMILES string of the molecule is CCNC(=NCc1ccc(OC)cc1)NCC(CC)CC. The summed E-state index contributed by atoms with van der Waals surface area (Å²) in [5, 5.41) is 6.72. The zero-order chi connectivity index (χ0) is 15.5. The van der Waals surface area contributed by atoms with E-state index in [1.54, 1.807) is 7.11 Å². The number of aliphatic imine (C=N–C) groups is 1. The summed E-state index contributed by atoms with van der Waals surface area (Å²) in [5.74, 6) is 2.47. The van der Waals surface area contributed by atoms with Crippen LogP contribution in [0.4, 0.5) is 0 Å². The number of hydrogen-bond donors (Lipinski definition) is 2. The topological polar surface area (TPSA) is 45.7 Å². The van der Waals surface area contributed by atoms with Crippen LogP contribution in [0.5, 0.6) is 5.75 Å². The zero-order valence-electron chi connectivity index (χ0n) is 13.8. The minimum atomic E-state index is 0.669. The molecule has 0 heterocycles. The van der Waals surface area contributed by atoms with Gasteiger partial charge in [-0.05, 0) is 30.5 Å². The Hall–Kier alpha value is -1.71. The molecule has 0 unspecified atom stereocenters. The van der Waals surface area contributed by atoms with Gasteiger partial charge in [0.2, 0.25) is 0 Å². The first-order chi connectivity index (χ1) is 10.2. The molecule has 0 aliphatic carbocycles. The van der Waals surface area contributed by atoms with Crippen LogP contribution in [0.15, 0.2) is 29.3 Å². The molecule has 0 atom stereocenters. The van der Waals surface area contributed by atoms with Crippen molar-refractivity contribution in [2.75, 3.05) is 20.2 Å². The quantitative estimate of drug-likeness (QED) is 0.571. The monoisotopic (exact) mass is 291 g/mol. The summed E-state index contributed by atoms with van der Waals surface area (Å²) in [6, 6.07) is 8.03. The molecule has 1 aromatic carbocycles. The number of nitrogens with one attached hydrogen (secondary N) is 2. The van der Waals surface area contributed by atoms with Crippen molar-refractivity contribution in [1.82, 2.24) is 10.6 Å². The standard InChI is InChI=1S/C17H29N3O/c1-5-14(6-2)12-19-17(18-7-3)20-13-15-8-10-16(21-4)11-9-15/h8-11,14H,5-7,12-13H2,1-4H3,(H2,18,19,20). The average Bonchev–Trinajstić information content (AvgIpc) is 2.53. The number of nitrogens with zero attached hydrogens (tertiary/aromatic N) is 1. The van der Waals surface area contributed by atoms with Gasteiger partial charge in [0.25, 0.3) is 0 Å². The maximum absolute atomic E-state index is 5.16. The highest BCUT2D eigenvalue weighted by atomic mass is 16.5. The molecule has 0 bridgehead atoms. The number of ether oxygens (including phenoxy) is 1. The lowest BCUT2D eigenvalue weighted by Gasteiger charge is -2.16. The maximum Gasteiger partial charge on any atom is 0.191 e. The lowest BCUT2D eigenvalue weighted by Crippen LogP contribution is -2.39. The Bertz CT molecular complexity index is 411. The van der Waals surface area contributed by atoms with Crippen LogP contribution in [0.1, 0.15) is 39.2 Å². The molecule has 1 aromatic rings. The van der Waals surface area contributed by atoms with Crippen LogP contribution in [0.2, 0.25) is 0 Å². The molecule has 0 aromatic heterocycles. The van der Waals surface area contributed by atoms with E-state index < -0.39 is 0 Å². The largest absolute Gasteiger partial charge is 0.497 e. The molecule has 0 aliphatic rings. The molecule has 4 heteroatoms. The van der Waals surface area contributed by atoms with Crippen molar-refractivity contribution in [3.8, 4) is 5.75 Å². The summed E-state index contributed by atoms with van der Waals surface area (Å²) in [6.45, 7) is 9.07. The van der Waals surface area contributed by atoms with E-state index in [0.29, 0.717) is 12.5 Å². The molecule has 0 saturated heterocycles. The van der Waals surface area contributed by atoms with Gasteiger partial charge in [0.05, 0.1) is 13.7 Å². The molecule has 0 amide bonds. The van der Waals surface area contributed by atoms with E-state index in [2.05, 4.69) is 36.4 Å². The van der Waals surface area contributed by atoms with Crippen molar-refractivity contribution in [1.29, 1.82) is 0 Å². The summed E-state index contributed by atoms with van der Waals surface area (Å²) >= 11 is 0. The third kappa shape index (κ3) is 6.52. The van der Waals surface area contributed by atoms with Crippen LogP contribution in [-0.4, -0.2) is 26.2 Å². The Morgan fingerprint density at radius 3 is 2.29 bits per heavy atom. The maximum atomic E-state index is 5.16. The molecule has 4 nitrogen and oxygen atoms in total. The van der Waals surface area contributed by atoms with Gasteiger partial charge in [-0.2, -0.15) is 0 Å². The Morgan fingerprint density at radius 2 is 1.76 bits per heavy atom. The Labute approximate surface area is 129 Å². The van der Waals surface area contributed by atoms with Gasteiger partial charge in [-0.25, -0.2) is 4.99 Å². The van der Waals surface area contributed by atoms with Gasteiger partial charge >= 0.3 is 0 Å². The van der Waals surface area contributed by atoms with Crippen LogP contribution in [0, 0.1) is 5.92 Å².